The molecule has 0 saturated heterocycles. The molecule has 0 amide bonds. The summed E-state index contributed by atoms with van der Waals surface area (Å²) in [6, 6.07) is 0. The van der Waals surface area contributed by atoms with Crippen LogP contribution in [0.15, 0.2) is 0 Å². The van der Waals surface area contributed by atoms with Crippen LogP contribution in [0, 0.1) is 76.3 Å². The molecule has 2 radical (unpaired) electrons. The SMILES string of the molecule is O=[Si]([O-])[O-].[Dy+3].[Dy+3].[O-2].[O-2]. The molecule has 0 spiro atoms. The molecule has 0 unspecified atom stereocenters. The Balaban J connectivity index is -0.00000000750. The summed E-state index contributed by atoms with van der Waals surface area (Å²) in [5.41, 5.74) is 0. The number of hydrogen-bond acceptors (Lipinski definition) is 3. The Hall–Kier alpha value is 2.08. The van der Waals surface area contributed by atoms with E-state index in [2.05, 4.69) is 0 Å². The predicted octanol–water partition coefficient (Wildman–Crippen LogP) is -3.12. The van der Waals surface area contributed by atoms with Gasteiger partial charge in [-0.05, 0) is 0 Å². The van der Waals surface area contributed by atoms with E-state index in [0.29, 0.717) is 0 Å². The van der Waals surface area contributed by atoms with Gasteiger partial charge in [0.2, 0.25) is 0 Å². The molecule has 5 nitrogen and oxygen atoms in total. The quantitative estimate of drug-likeness (QED) is 0.376. The van der Waals surface area contributed by atoms with Crippen LogP contribution >= 0.6 is 0 Å². The van der Waals surface area contributed by atoms with Gasteiger partial charge in [-0.1, -0.05) is 0 Å². The second-order valence-electron chi connectivity index (χ2n) is 0.250. The third-order valence-electron chi connectivity index (χ3n) is 0. The minimum Gasteiger partial charge on any atom is -2.00 e. The average Bonchev–Trinajstić information content (AvgIpc) is 0.811. The molecular weight excluding hydrogens is 433 g/mol. The Morgan fingerprint density at radius 1 is 1.00 bits per heavy atom. The van der Waals surface area contributed by atoms with Crippen molar-refractivity contribution < 1.29 is 101 Å². The van der Waals surface area contributed by atoms with Gasteiger partial charge in [-0.3, -0.25) is 0 Å². The summed E-state index contributed by atoms with van der Waals surface area (Å²) in [7, 11) is -3.63. The van der Waals surface area contributed by atoms with Crippen LogP contribution in [0.4, 0.5) is 0 Å². The van der Waals surface area contributed by atoms with E-state index in [9.17, 15) is 0 Å². The van der Waals surface area contributed by atoms with Crippen LogP contribution in [-0.4, -0.2) is 9.17 Å². The van der Waals surface area contributed by atoms with Crippen LogP contribution in [-0.2, 0) is 15.4 Å². The van der Waals surface area contributed by atoms with Crippen LogP contribution in [0.3, 0.4) is 0 Å². The van der Waals surface area contributed by atoms with Gasteiger partial charge in [-0.2, -0.15) is 0 Å². The van der Waals surface area contributed by atoms with Crippen molar-refractivity contribution in [2.75, 3.05) is 0 Å². The van der Waals surface area contributed by atoms with Gasteiger partial charge in [0.25, 0.3) is 0 Å². The topological polar surface area (TPSA) is 120 Å². The van der Waals surface area contributed by atoms with E-state index in [1.807, 2.05) is 0 Å². The van der Waals surface area contributed by atoms with Crippen molar-refractivity contribution in [2.24, 2.45) is 0 Å². The maximum absolute atomic E-state index is 8.52. The molecule has 8 heteroatoms. The van der Waals surface area contributed by atoms with E-state index in [1.165, 1.54) is 0 Å². The minimum atomic E-state index is -3.63. The Labute approximate surface area is 108 Å². The molecule has 0 aliphatic heterocycles. The van der Waals surface area contributed by atoms with Crippen LogP contribution in [0.5, 0.6) is 0 Å². The summed E-state index contributed by atoms with van der Waals surface area (Å²) in [6.45, 7) is 0. The van der Waals surface area contributed by atoms with Gasteiger partial charge in [0.1, 0.15) is 0 Å². The molecule has 0 saturated carbocycles. The number of rotatable bonds is 0. The van der Waals surface area contributed by atoms with Gasteiger partial charge >= 0.3 is 76.3 Å². The molecule has 0 fully saturated rings. The van der Waals surface area contributed by atoms with Crippen LogP contribution in [0.2, 0.25) is 0 Å². The van der Waals surface area contributed by atoms with Gasteiger partial charge in [-0.25, -0.2) is 0 Å². The Morgan fingerprint density at radius 3 is 1.00 bits per heavy atom. The minimum absolute atomic E-state index is 0. The van der Waals surface area contributed by atoms with E-state index in [0.717, 1.165) is 0 Å². The first-order valence-electron chi connectivity index (χ1n) is 0.612. The Kier molecular flexibility index (Phi) is 92.4. The van der Waals surface area contributed by atoms with Crippen molar-refractivity contribution in [3.05, 3.63) is 0 Å². The first kappa shape index (κ1) is 32.2. The summed E-state index contributed by atoms with van der Waals surface area (Å²) in [6.07, 6.45) is 0. The fraction of sp³-hybridized carbons (Fsp3) is 0. The van der Waals surface area contributed by atoms with Crippen molar-refractivity contribution in [2.45, 2.75) is 0 Å². The molecule has 0 aliphatic rings. The average molecular weight is 433 g/mol. The first-order chi connectivity index (χ1) is 1.73. The van der Waals surface area contributed by atoms with E-state index in [4.69, 9.17) is 14.1 Å². The zero-order chi connectivity index (χ0) is 3.58. The molecule has 0 aromatic heterocycles. The zero-order valence-electron chi connectivity index (χ0n) is 3.17. The number of hydrogen-bond donors (Lipinski definition) is 0. The van der Waals surface area contributed by atoms with Gasteiger partial charge in [0.15, 0.2) is 0 Å². The van der Waals surface area contributed by atoms with E-state index in [1.54, 1.807) is 0 Å². The van der Waals surface area contributed by atoms with Crippen LogP contribution in [0.1, 0.15) is 0 Å². The Morgan fingerprint density at radius 2 is 1.00 bits per heavy atom. The first-order valence-corrected chi connectivity index (χ1v) is 1.84. The predicted molar refractivity (Wildman–Crippen MR) is 7.81 cm³/mol. The largest absolute Gasteiger partial charge is 3.00 e. The molecular formula is Dy2O5Si. The third-order valence-corrected chi connectivity index (χ3v) is 0. The molecule has 0 aliphatic carbocycles. The second-order valence-corrected chi connectivity index (χ2v) is 0.750. The maximum Gasteiger partial charge on any atom is 3.00 e. The van der Waals surface area contributed by atoms with Crippen molar-refractivity contribution in [3.63, 3.8) is 0 Å². The molecule has 0 aromatic carbocycles. The maximum atomic E-state index is 8.52. The van der Waals surface area contributed by atoms with Crippen LogP contribution < -0.4 is 9.59 Å². The zero-order valence-corrected chi connectivity index (χ0v) is 8.23. The summed E-state index contributed by atoms with van der Waals surface area (Å²) in [5.74, 6) is 0. The third kappa shape index (κ3) is 93.5. The molecule has 0 N–H and O–H groups in total. The van der Waals surface area contributed by atoms with E-state index < -0.39 is 9.17 Å². The standard InChI is InChI=1S/2Dy.O3Si.2O/c;;1-4(2)3;;/q2*+3;3*-2. The normalized spacial score (nSPS) is 3.00. The smallest absolute Gasteiger partial charge is 2.00 e. The molecule has 54 valence electrons. The monoisotopic (exact) mass is 436 g/mol. The molecule has 0 aromatic rings. The van der Waals surface area contributed by atoms with E-state index in [-0.39, 0.29) is 87.3 Å². The Bertz CT molecular complexity index is 33.4. The van der Waals surface area contributed by atoms with Crippen molar-refractivity contribution in [1.82, 2.24) is 0 Å². The molecule has 0 bridgehead atoms. The summed E-state index contributed by atoms with van der Waals surface area (Å²) in [5, 5.41) is 0. The fourth-order valence-corrected chi connectivity index (χ4v) is 0. The van der Waals surface area contributed by atoms with Crippen LogP contribution in [0.25, 0.3) is 0 Å². The molecule has 0 rings (SSSR count). The summed E-state index contributed by atoms with van der Waals surface area (Å²) < 4.78 is 8.52. The van der Waals surface area contributed by atoms with Crippen molar-refractivity contribution in [3.8, 4) is 0 Å². The van der Waals surface area contributed by atoms with Gasteiger partial charge in [0, 0.05) is 9.17 Å². The van der Waals surface area contributed by atoms with Gasteiger partial charge < -0.3 is 25.0 Å². The summed E-state index contributed by atoms with van der Waals surface area (Å²) >= 11 is 0. The van der Waals surface area contributed by atoms with Crippen molar-refractivity contribution >= 4 is 9.17 Å². The van der Waals surface area contributed by atoms with Crippen molar-refractivity contribution in [1.29, 1.82) is 0 Å². The molecule has 0 atom stereocenters. The molecule has 8 heavy (non-hydrogen) atoms. The van der Waals surface area contributed by atoms with E-state index >= 15 is 0 Å². The van der Waals surface area contributed by atoms with Gasteiger partial charge in [0.05, 0.1) is 0 Å². The second kappa shape index (κ2) is 23.0. The van der Waals surface area contributed by atoms with Gasteiger partial charge in [-0.15, -0.1) is 0 Å². The fourth-order valence-electron chi connectivity index (χ4n) is 0. The summed E-state index contributed by atoms with van der Waals surface area (Å²) in [4.78, 5) is 17.0. The molecule has 0 heterocycles.